The predicted octanol–water partition coefficient (Wildman–Crippen LogP) is 4.30. The average Bonchev–Trinajstić information content (AvgIpc) is 2.65. The zero-order valence-corrected chi connectivity index (χ0v) is 15.1. The van der Waals surface area contributed by atoms with E-state index in [2.05, 4.69) is 0 Å². The van der Waals surface area contributed by atoms with Crippen LogP contribution in [0.4, 0.5) is 0 Å². The number of phenolic OH excluding ortho intramolecular Hbond substituents is 1. The molecule has 5 heteroatoms. The van der Waals surface area contributed by atoms with E-state index in [0.29, 0.717) is 23.5 Å². The van der Waals surface area contributed by atoms with Gasteiger partial charge in [-0.3, -0.25) is 0 Å². The average molecular weight is 356 g/mol. The van der Waals surface area contributed by atoms with Gasteiger partial charge in [-0.2, -0.15) is 0 Å². The Morgan fingerprint density at radius 2 is 1.77 bits per heavy atom. The minimum absolute atomic E-state index is 0.137. The van der Waals surface area contributed by atoms with Crippen molar-refractivity contribution in [3.8, 4) is 28.7 Å². The molecule has 0 fully saturated rings. The normalized spacial score (nSPS) is 18.3. The standard InChI is InChI=1S/C21H24O5/c1-24-20-15-9-10-16(22)6-4-3-5-14-7-11-17(12-8-14)26-18(13-15)21(25-2)19(20)23/h7-13,16,22-23H,3-6H2,1-2H3/b10-9-/t16-/m1/s1. The van der Waals surface area contributed by atoms with E-state index in [-0.39, 0.29) is 17.2 Å². The van der Waals surface area contributed by atoms with Gasteiger partial charge >= 0.3 is 0 Å². The Kier molecular flexibility index (Phi) is 5.68. The largest absolute Gasteiger partial charge is 0.502 e. The molecule has 0 amide bonds. The van der Waals surface area contributed by atoms with Crippen LogP contribution in [0.3, 0.4) is 0 Å². The lowest BCUT2D eigenvalue weighted by molar-refractivity contribution is 0.209. The number of ether oxygens (including phenoxy) is 3. The summed E-state index contributed by atoms with van der Waals surface area (Å²) in [5.41, 5.74) is 1.83. The third-order valence-corrected chi connectivity index (χ3v) is 4.48. The van der Waals surface area contributed by atoms with Crippen molar-refractivity contribution >= 4 is 6.08 Å². The second-order valence-corrected chi connectivity index (χ2v) is 6.30. The molecular weight excluding hydrogens is 332 g/mol. The molecule has 5 nitrogen and oxygen atoms in total. The van der Waals surface area contributed by atoms with Crippen molar-refractivity contribution in [3.63, 3.8) is 0 Å². The molecule has 2 aromatic carbocycles. The molecule has 0 saturated carbocycles. The zero-order valence-electron chi connectivity index (χ0n) is 15.1. The molecule has 2 aromatic rings. The summed E-state index contributed by atoms with van der Waals surface area (Å²) in [7, 11) is 2.94. The number of methoxy groups -OCH3 is 2. The van der Waals surface area contributed by atoms with Crippen molar-refractivity contribution in [2.75, 3.05) is 14.2 Å². The van der Waals surface area contributed by atoms with E-state index in [4.69, 9.17) is 14.2 Å². The molecule has 2 aliphatic rings. The van der Waals surface area contributed by atoms with E-state index in [1.54, 1.807) is 18.2 Å². The number of aliphatic hydroxyl groups excluding tert-OH is 1. The SMILES string of the molecule is COc1c2cc(c(OC)c1O)Oc1ccc(cc1)CCCC[C@@H](O)/C=C\2. The highest BCUT2D eigenvalue weighted by Gasteiger charge is 2.20. The fourth-order valence-corrected chi connectivity index (χ4v) is 3.08. The summed E-state index contributed by atoms with van der Waals surface area (Å²) in [5, 5.41) is 20.7. The number of rotatable bonds is 2. The second-order valence-electron chi connectivity index (χ2n) is 6.30. The van der Waals surface area contributed by atoms with Crippen LogP contribution in [0.15, 0.2) is 36.4 Å². The van der Waals surface area contributed by atoms with E-state index in [1.165, 1.54) is 19.8 Å². The Bertz CT molecular complexity index is 780. The van der Waals surface area contributed by atoms with Crippen LogP contribution in [-0.4, -0.2) is 30.5 Å². The molecule has 0 aromatic heterocycles. The monoisotopic (exact) mass is 356 g/mol. The summed E-state index contributed by atoms with van der Waals surface area (Å²) in [5.74, 6) is 1.37. The maximum absolute atomic E-state index is 10.5. The van der Waals surface area contributed by atoms with Gasteiger partial charge in [0.05, 0.1) is 20.3 Å². The third kappa shape index (κ3) is 3.94. The number of fused-ring (bicyclic) bond motifs is 7. The molecule has 0 spiro atoms. The highest BCUT2D eigenvalue weighted by molar-refractivity contribution is 5.71. The third-order valence-electron chi connectivity index (χ3n) is 4.48. The first kappa shape index (κ1) is 18.1. The van der Waals surface area contributed by atoms with Crippen LogP contribution in [0.25, 0.3) is 6.08 Å². The summed E-state index contributed by atoms with van der Waals surface area (Å²) >= 11 is 0. The lowest BCUT2D eigenvalue weighted by Crippen LogP contribution is -2.02. The fraction of sp³-hybridized carbons (Fsp3) is 0.333. The fourth-order valence-electron chi connectivity index (χ4n) is 3.08. The number of phenols is 1. The molecule has 2 N–H and O–H groups in total. The van der Waals surface area contributed by atoms with Crippen LogP contribution >= 0.6 is 0 Å². The maximum atomic E-state index is 10.5. The Balaban J connectivity index is 2.10. The first-order valence-corrected chi connectivity index (χ1v) is 8.73. The van der Waals surface area contributed by atoms with Gasteiger partial charge in [-0.1, -0.05) is 30.7 Å². The minimum atomic E-state index is -0.555. The van der Waals surface area contributed by atoms with E-state index < -0.39 is 6.10 Å². The lowest BCUT2D eigenvalue weighted by Gasteiger charge is -2.16. The number of aromatic hydroxyl groups is 1. The van der Waals surface area contributed by atoms with Crippen LogP contribution in [-0.2, 0) is 6.42 Å². The molecule has 0 aliphatic carbocycles. The Labute approximate surface area is 153 Å². The molecule has 0 saturated heterocycles. The lowest BCUT2D eigenvalue weighted by atomic mass is 10.0. The van der Waals surface area contributed by atoms with Gasteiger partial charge in [0.1, 0.15) is 5.75 Å². The van der Waals surface area contributed by atoms with Gasteiger partial charge in [-0.15, -0.1) is 0 Å². The molecule has 4 bridgehead atoms. The van der Waals surface area contributed by atoms with Crippen molar-refractivity contribution < 1.29 is 24.4 Å². The first-order valence-electron chi connectivity index (χ1n) is 8.73. The van der Waals surface area contributed by atoms with Crippen molar-refractivity contribution in [1.29, 1.82) is 0 Å². The number of aliphatic hydroxyl groups is 1. The first-order chi connectivity index (χ1) is 12.6. The van der Waals surface area contributed by atoms with Crippen molar-refractivity contribution in [2.24, 2.45) is 0 Å². The Morgan fingerprint density at radius 3 is 2.46 bits per heavy atom. The number of hydrogen-bond acceptors (Lipinski definition) is 5. The van der Waals surface area contributed by atoms with Crippen molar-refractivity contribution in [1.82, 2.24) is 0 Å². The van der Waals surface area contributed by atoms with E-state index in [1.807, 2.05) is 24.3 Å². The van der Waals surface area contributed by atoms with Crippen molar-refractivity contribution in [2.45, 2.75) is 31.8 Å². The summed E-state index contributed by atoms with van der Waals surface area (Å²) in [4.78, 5) is 0. The van der Waals surface area contributed by atoms with Gasteiger partial charge in [-0.25, -0.2) is 0 Å². The van der Waals surface area contributed by atoms with Gasteiger partial charge < -0.3 is 24.4 Å². The highest BCUT2D eigenvalue weighted by Crippen LogP contribution is 2.47. The number of hydrogen-bond donors (Lipinski definition) is 2. The topological polar surface area (TPSA) is 68.2 Å². The molecule has 0 unspecified atom stereocenters. The van der Waals surface area contributed by atoms with E-state index in [0.717, 1.165) is 19.3 Å². The molecule has 26 heavy (non-hydrogen) atoms. The summed E-state index contributed by atoms with van der Waals surface area (Å²) in [6.07, 6.45) is 6.47. The second kappa shape index (κ2) is 8.15. The molecule has 2 aliphatic heterocycles. The minimum Gasteiger partial charge on any atom is -0.502 e. The predicted molar refractivity (Wildman–Crippen MR) is 100 cm³/mol. The summed E-state index contributed by atoms with van der Waals surface area (Å²) in [6.45, 7) is 0. The van der Waals surface area contributed by atoms with Gasteiger partial charge in [0, 0.05) is 5.56 Å². The summed E-state index contributed by atoms with van der Waals surface area (Å²) < 4.78 is 16.6. The van der Waals surface area contributed by atoms with Crippen molar-refractivity contribution in [3.05, 3.63) is 47.5 Å². The van der Waals surface area contributed by atoms with Crippen LogP contribution in [0.5, 0.6) is 28.7 Å². The zero-order chi connectivity index (χ0) is 18.5. The van der Waals surface area contributed by atoms with Crippen LogP contribution in [0.1, 0.15) is 30.4 Å². The van der Waals surface area contributed by atoms with Gasteiger partial charge in [0.2, 0.25) is 11.5 Å². The van der Waals surface area contributed by atoms with Crippen LogP contribution in [0, 0.1) is 0 Å². The Morgan fingerprint density at radius 1 is 1.04 bits per heavy atom. The molecule has 1 atom stereocenters. The van der Waals surface area contributed by atoms with E-state index in [9.17, 15) is 10.2 Å². The molecule has 0 radical (unpaired) electrons. The number of aryl methyl sites for hydroxylation is 1. The molecule has 138 valence electrons. The van der Waals surface area contributed by atoms with Gasteiger partial charge in [0.25, 0.3) is 0 Å². The molecular formula is C21H24O5. The van der Waals surface area contributed by atoms with Crippen LogP contribution < -0.4 is 14.2 Å². The highest BCUT2D eigenvalue weighted by atomic mass is 16.5. The molecule has 2 heterocycles. The number of benzene rings is 2. The smallest absolute Gasteiger partial charge is 0.207 e. The van der Waals surface area contributed by atoms with Gasteiger partial charge in [-0.05, 0) is 43.0 Å². The Hall–Kier alpha value is -2.66. The van der Waals surface area contributed by atoms with Gasteiger partial charge in [0.15, 0.2) is 11.5 Å². The van der Waals surface area contributed by atoms with E-state index >= 15 is 0 Å². The quantitative estimate of drug-likeness (QED) is 0.840. The van der Waals surface area contributed by atoms with Crippen LogP contribution in [0.2, 0.25) is 0 Å². The maximum Gasteiger partial charge on any atom is 0.207 e. The summed E-state index contributed by atoms with van der Waals surface area (Å²) in [6, 6.07) is 9.59. The molecule has 4 rings (SSSR count).